The standard InChI is InChI=1S/C20H22N4O4/c1-15-4-2-3-5-18(15)20(26)21-14-19(25)23-12-10-22(11-13-23)16-6-8-17(9-7-16)24(27)28/h2-9H,10-14H2,1H3,(H,21,26). The molecule has 2 aromatic rings. The van der Waals surface area contributed by atoms with Gasteiger partial charge in [0.15, 0.2) is 0 Å². The maximum Gasteiger partial charge on any atom is 0.269 e. The molecule has 1 heterocycles. The van der Waals surface area contributed by atoms with Gasteiger partial charge >= 0.3 is 0 Å². The van der Waals surface area contributed by atoms with Crippen LogP contribution in [0.2, 0.25) is 0 Å². The van der Waals surface area contributed by atoms with Gasteiger partial charge in [0, 0.05) is 49.6 Å². The van der Waals surface area contributed by atoms with Crippen LogP contribution in [0.3, 0.4) is 0 Å². The summed E-state index contributed by atoms with van der Waals surface area (Å²) in [5.74, 6) is -0.374. The molecule has 28 heavy (non-hydrogen) atoms. The van der Waals surface area contributed by atoms with Gasteiger partial charge in [0.1, 0.15) is 0 Å². The third-order valence-electron chi connectivity index (χ3n) is 4.85. The average Bonchev–Trinajstić information content (AvgIpc) is 2.72. The van der Waals surface area contributed by atoms with Crippen molar-refractivity contribution in [2.75, 3.05) is 37.6 Å². The lowest BCUT2D eigenvalue weighted by atomic mass is 10.1. The number of nitro benzene ring substituents is 1. The minimum absolute atomic E-state index is 0.0370. The lowest BCUT2D eigenvalue weighted by molar-refractivity contribution is -0.384. The third-order valence-corrected chi connectivity index (χ3v) is 4.85. The Morgan fingerprint density at radius 1 is 1.04 bits per heavy atom. The first-order chi connectivity index (χ1) is 13.5. The van der Waals surface area contributed by atoms with Crippen molar-refractivity contribution in [3.63, 3.8) is 0 Å². The fourth-order valence-corrected chi connectivity index (χ4v) is 3.19. The van der Waals surface area contributed by atoms with E-state index >= 15 is 0 Å². The van der Waals surface area contributed by atoms with Crippen molar-refractivity contribution in [2.24, 2.45) is 0 Å². The Bertz CT molecular complexity index is 874. The van der Waals surface area contributed by atoms with Crippen LogP contribution < -0.4 is 10.2 Å². The van der Waals surface area contributed by atoms with Gasteiger partial charge in [-0.1, -0.05) is 18.2 Å². The molecule has 0 unspecified atom stereocenters. The van der Waals surface area contributed by atoms with Crippen molar-refractivity contribution in [1.82, 2.24) is 10.2 Å². The second-order valence-corrected chi connectivity index (χ2v) is 6.64. The number of nitro groups is 1. The highest BCUT2D eigenvalue weighted by Gasteiger charge is 2.22. The van der Waals surface area contributed by atoms with Gasteiger partial charge in [0.2, 0.25) is 5.91 Å². The zero-order chi connectivity index (χ0) is 20.1. The molecule has 1 N–H and O–H groups in total. The summed E-state index contributed by atoms with van der Waals surface area (Å²) in [4.78, 5) is 38.7. The third kappa shape index (κ3) is 4.46. The molecule has 8 heteroatoms. The number of benzene rings is 2. The number of nitrogens with one attached hydrogen (secondary N) is 1. The first-order valence-electron chi connectivity index (χ1n) is 9.06. The van der Waals surface area contributed by atoms with Crippen molar-refractivity contribution in [2.45, 2.75) is 6.92 Å². The van der Waals surface area contributed by atoms with Crippen molar-refractivity contribution >= 4 is 23.2 Å². The van der Waals surface area contributed by atoms with Gasteiger partial charge < -0.3 is 15.1 Å². The minimum atomic E-state index is -0.425. The Labute approximate surface area is 162 Å². The lowest BCUT2D eigenvalue weighted by Gasteiger charge is -2.36. The molecule has 0 bridgehead atoms. The van der Waals surface area contributed by atoms with Gasteiger partial charge in [-0.3, -0.25) is 19.7 Å². The minimum Gasteiger partial charge on any atom is -0.368 e. The van der Waals surface area contributed by atoms with Crippen molar-refractivity contribution in [3.05, 3.63) is 69.8 Å². The number of carbonyl (C=O) groups excluding carboxylic acids is 2. The smallest absolute Gasteiger partial charge is 0.269 e. The Balaban J connectivity index is 1.49. The topological polar surface area (TPSA) is 95.8 Å². The van der Waals surface area contributed by atoms with Gasteiger partial charge in [-0.05, 0) is 30.7 Å². The number of hydrogen-bond acceptors (Lipinski definition) is 5. The molecule has 0 atom stereocenters. The summed E-state index contributed by atoms with van der Waals surface area (Å²) in [6, 6.07) is 13.6. The molecule has 8 nitrogen and oxygen atoms in total. The number of nitrogens with zero attached hydrogens (tertiary/aromatic N) is 3. The van der Waals surface area contributed by atoms with Crippen LogP contribution in [-0.2, 0) is 4.79 Å². The predicted molar refractivity (Wildman–Crippen MR) is 105 cm³/mol. The molecule has 0 aliphatic carbocycles. The highest BCUT2D eigenvalue weighted by Crippen LogP contribution is 2.20. The molecule has 0 saturated carbocycles. The van der Waals surface area contributed by atoms with E-state index in [1.165, 1.54) is 12.1 Å². The number of rotatable bonds is 5. The van der Waals surface area contributed by atoms with E-state index in [2.05, 4.69) is 10.2 Å². The van der Waals surface area contributed by atoms with Gasteiger partial charge in [-0.25, -0.2) is 0 Å². The van der Waals surface area contributed by atoms with Crippen molar-refractivity contribution in [3.8, 4) is 0 Å². The van der Waals surface area contributed by atoms with Crippen LogP contribution in [0.5, 0.6) is 0 Å². The predicted octanol–water partition coefficient (Wildman–Crippen LogP) is 1.98. The number of non-ortho nitro benzene ring substituents is 1. The molecule has 0 radical (unpaired) electrons. The molecule has 0 spiro atoms. The van der Waals surface area contributed by atoms with Crippen molar-refractivity contribution < 1.29 is 14.5 Å². The van der Waals surface area contributed by atoms with Crippen LogP contribution in [0, 0.1) is 17.0 Å². The first-order valence-corrected chi connectivity index (χ1v) is 9.06. The fraction of sp³-hybridized carbons (Fsp3) is 0.300. The summed E-state index contributed by atoms with van der Waals surface area (Å²) in [7, 11) is 0. The van der Waals surface area contributed by atoms with Crippen LogP contribution >= 0.6 is 0 Å². The van der Waals surface area contributed by atoms with E-state index in [-0.39, 0.29) is 24.0 Å². The maximum atomic E-state index is 12.4. The van der Waals surface area contributed by atoms with Crippen LogP contribution in [0.1, 0.15) is 15.9 Å². The average molecular weight is 382 g/mol. The SMILES string of the molecule is Cc1ccccc1C(=O)NCC(=O)N1CCN(c2ccc([N+](=O)[O-])cc2)CC1. The summed E-state index contributed by atoms with van der Waals surface area (Å²) in [6.45, 7) is 4.16. The number of carbonyl (C=O) groups is 2. The van der Waals surface area contributed by atoms with Crippen LogP contribution in [0.25, 0.3) is 0 Å². The van der Waals surface area contributed by atoms with Crippen LogP contribution in [0.4, 0.5) is 11.4 Å². The van der Waals surface area contributed by atoms with E-state index in [1.54, 1.807) is 29.2 Å². The molecule has 2 amide bonds. The van der Waals surface area contributed by atoms with Crippen LogP contribution in [-0.4, -0.2) is 54.4 Å². The monoisotopic (exact) mass is 382 g/mol. The normalized spacial score (nSPS) is 13.9. The molecule has 1 aliphatic rings. The number of aryl methyl sites for hydroxylation is 1. The maximum absolute atomic E-state index is 12.4. The van der Waals surface area contributed by atoms with Crippen molar-refractivity contribution in [1.29, 1.82) is 0 Å². The van der Waals surface area contributed by atoms with Gasteiger partial charge in [0.25, 0.3) is 11.6 Å². The van der Waals surface area contributed by atoms with Gasteiger partial charge in [-0.2, -0.15) is 0 Å². The Hall–Kier alpha value is -3.42. The van der Waals surface area contributed by atoms with E-state index < -0.39 is 4.92 Å². The molecular formula is C20H22N4O4. The molecule has 1 aliphatic heterocycles. The number of hydrogen-bond donors (Lipinski definition) is 1. The fourth-order valence-electron chi connectivity index (χ4n) is 3.19. The van der Waals surface area contributed by atoms with E-state index in [9.17, 15) is 19.7 Å². The highest BCUT2D eigenvalue weighted by atomic mass is 16.6. The molecule has 3 rings (SSSR count). The van der Waals surface area contributed by atoms with Gasteiger partial charge in [0.05, 0.1) is 11.5 Å². The zero-order valence-electron chi connectivity index (χ0n) is 15.6. The molecule has 0 aromatic heterocycles. The summed E-state index contributed by atoms with van der Waals surface area (Å²) in [6.07, 6.45) is 0. The molecular weight excluding hydrogens is 360 g/mol. The van der Waals surface area contributed by atoms with Gasteiger partial charge in [-0.15, -0.1) is 0 Å². The van der Waals surface area contributed by atoms with E-state index in [1.807, 2.05) is 19.1 Å². The Morgan fingerprint density at radius 2 is 1.68 bits per heavy atom. The number of anilines is 1. The number of amides is 2. The highest BCUT2D eigenvalue weighted by molar-refractivity contribution is 5.97. The second-order valence-electron chi connectivity index (χ2n) is 6.64. The molecule has 146 valence electrons. The zero-order valence-corrected chi connectivity index (χ0v) is 15.6. The first kappa shape index (κ1) is 19.3. The number of piperazine rings is 1. The summed E-state index contributed by atoms with van der Waals surface area (Å²) >= 11 is 0. The summed E-state index contributed by atoms with van der Waals surface area (Å²) < 4.78 is 0. The second kappa shape index (κ2) is 8.51. The molecule has 2 aromatic carbocycles. The molecule has 1 saturated heterocycles. The van der Waals surface area contributed by atoms with E-state index in [0.29, 0.717) is 31.7 Å². The van der Waals surface area contributed by atoms with E-state index in [4.69, 9.17) is 0 Å². The quantitative estimate of drug-likeness (QED) is 0.630. The van der Waals surface area contributed by atoms with Crippen LogP contribution in [0.15, 0.2) is 48.5 Å². The lowest BCUT2D eigenvalue weighted by Crippen LogP contribution is -2.51. The summed E-state index contributed by atoms with van der Waals surface area (Å²) in [5, 5.41) is 13.4. The Morgan fingerprint density at radius 3 is 2.29 bits per heavy atom. The summed E-state index contributed by atoms with van der Waals surface area (Å²) in [5.41, 5.74) is 2.38. The van der Waals surface area contributed by atoms with E-state index in [0.717, 1.165) is 11.3 Å². The Kier molecular flexibility index (Phi) is 5.88. The largest absolute Gasteiger partial charge is 0.368 e. The molecule has 1 fully saturated rings.